The third kappa shape index (κ3) is 10.2. The Morgan fingerprint density at radius 2 is 1.51 bits per heavy atom. The lowest BCUT2D eigenvalue weighted by molar-refractivity contribution is -0.141. The third-order valence-electron chi connectivity index (χ3n) is 5.94. The Morgan fingerprint density at radius 3 is 2.05 bits per heavy atom. The van der Waals surface area contributed by atoms with Crippen LogP contribution in [0.4, 0.5) is 10.5 Å². The first-order valence-corrected chi connectivity index (χ1v) is 12.9. The number of amides is 7. The quantitative estimate of drug-likeness (QED) is 0.171. The highest BCUT2D eigenvalue weighted by molar-refractivity contribution is 6.14. The number of primary amides is 1. The second-order valence-corrected chi connectivity index (χ2v) is 10.2. The van der Waals surface area contributed by atoms with Crippen LogP contribution in [0.1, 0.15) is 46.1 Å². The number of benzene rings is 1. The van der Waals surface area contributed by atoms with Crippen molar-refractivity contribution in [2.24, 2.45) is 17.6 Å². The fourth-order valence-electron chi connectivity index (χ4n) is 3.96. The number of nitrogens with zero attached hydrogens (tertiary/aromatic N) is 1. The van der Waals surface area contributed by atoms with Crippen molar-refractivity contribution in [2.45, 2.75) is 59.0 Å². The zero-order valence-electron chi connectivity index (χ0n) is 22.8. The number of carbonyl (C=O) groups is 6. The van der Waals surface area contributed by atoms with E-state index in [0.29, 0.717) is 18.0 Å². The molecule has 0 aliphatic carbocycles. The monoisotopic (exact) mass is 542 g/mol. The van der Waals surface area contributed by atoms with Gasteiger partial charge in [-0.05, 0) is 48.8 Å². The van der Waals surface area contributed by atoms with Crippen LogP contribution in [0.3, 0.4) is 0 Å². The summed E-state index contributed by atoms with van der Waals surface area (Å²) < 4.78 is 0. The van der Waals surface area contributed by atoms with Crippen molar-refractivity contribution in [3.63, 3.8) is 0 Å². The first-order valence-electron chi connectivity index (χ1n) is 12.9. The van der Waals surface area contributed by atoms with Gasteiger partial charge >= 0.3 is 6.03 Å². The molecule has 1 aliphatic rings. The number of urea groups is 1. The number of rotatable bonds is 14. The normalized spacial score (nSPS) is 14.4. The summed E-state index contributed by atoms with van der Waals surface area (Å²) in [5.74, 6) is -2.87. The van der Waals surface area contributed by atoms with Crippen molar-refractivity contribution >= 4 is 41.3 Å². The molecule has 0 aromatic heterocycles. The molecular formula is C27H38N6O6. The van der Waals surface area contributed by atoms with E-state index < -0.39 is 54.2 Å². The molecule has 0 unspecified atom stereocenters. The maximum absolute atomic E-state index is 13.2. The standard InChI is InChI=1S/C27H38N6O6/c1-16(2)14-18-7-9-19(10-8-18)30-25(37)20(6-5-13-29-27(28)39)31-26(38)24(17(3)4)32-21(34)15-33-22(35)11-12-23(33)36/h7-12,16-17,20,24H,5-6,13-15H2,1-4H3,(H,30,37)(H,31,38)(H,32,34)(H3,28,29,39)/t20-,24-/m0/s1. The van der Waals surface area contributed by atoms with Gasteiger partial charge in [-0.15, -0.1) is 0 Å². The predicted octanol–water partition coefficient (Wildman–Crippen LogP) is 0.823. The van der Waals surface area contributed by atoms with E-state index in [2.05, 4.69) is 35.1 Å². The number of nitrogens with one attached hydrogen (secondary N) is 4. The summed E-state index contributed by atoms with van der Waals surface area (Å²) in [7, 11) is 0. The summed E-state index contributed by atoms with van der Waals surface area (Å²) in [5, 5.41) is 10.5. The lowest BCUT2D eigenvalue weighted by Gasteiger charge is -2.26. The van der Waals surface area contributed by atoms with Gasteiger partial charge in [-0.1, -0.05) is 39.8 Å². The molecule has 0 saturated carbocycles. The van der Waals surface area contributed by atoms with Gasteiger partial charge in [-0.3, -0.25) is 28.9 Å². The molecule has 12 nitrogen and oxygen atoms in total. The van der Waals surface area contributed by atoms with Gasteiger partial charge in [0.25, 0.3) is 11.8 Å². The summed E-state index contributed by atoms with van der Waals surface area (Å²) in [6, 6.07) is 4.71. The lowest BCUT2D eigenvalue weighted by Crippen LogP contribution is -2.56. The molecule has 1 aromatic carbocycles. The topological polar surface area (TPSA) is 180 Å². The molecule has 0 radical (unpaired) electrons. The molecule has 2 rings (SSSR count). The van der Waals surface area contributed by atoms with Crippen molar-refractivity contribution in [3.8, 4) is 0 Å². The molecule has 0 bridgehead atoms. The average molecular weight is 543 g/mol. The highest BCUT2D eigenvalue weighted by Crippen LogP contribution is 2.14. The number of hydrogen-bond donors (Lipinski definition) is 5. The molecule has 0 saturated heterocycles. The number of anilines is 1. The lowest BCUT2D eigenvalue weighted by atomic mass is 10.0. The highest BCUT2D eigenvalue weighted by Gasteiger charge is 2.31. The maximum atomic E-state index is 13.2. The van der Waals surface area contributed by atoms with Gasteiger partial charge in [-0.25, -0.2) is 4.79 Å². The van der Waals surface area contributed by atoms with E-state index in [1.165, 1.54) is 0 Å². The van der Waals surface area contributed by atoms with E-state index in [1.54, 1.807) is 26.0 Å². The molecule has 1 heterocycles. The van der Waals surface area contributed by atoms with Gasteiger partial charge in [-0.2, -0.15) is 0 Å². The van der Waals surface area contributed by atoms with Crippen molar-refractivity contribution < 1.29 is 28.8 Å². The van der Waals surface area contributed by atoms with E-state index in [0.717, 1.165) is 29.0 Å². The molecule has 39 heavy (non-hydrogen) atoms. The van der Waals surface area contributed by atoms with Crippen LogP contribution in [0.15, 0.2) is 36.4 Å². The Hall–Kier alpha value is -4.22. The van der Waals surface area contributed by atoms with Crippen LogP contribution < -0.4 is 27.0 Å². The minimum absolute atomic E-state index is 0.185. The van der Waals surface area contributed by atoms with E-state index in [9.17, 15) is 28.8 Å². The highest BCUT2D eigenvalue weighted by atomic mass is 16.2. The molecule has 1 aromatic rings. The molecule has 212 valence electrons. The minimum Gasteiger partial charge on any atom is -0.352 e. The summed E-state index contributed by atoms with van der Waals surface area (Å²) in [4.78, 5) is 74.1. The van der Waals surface area contributed by atoms with Gasteiger partial charge in [0.05, 0.1) is 0 Å². The van der Waals surface area contributed by atoms with Crippen LogP contribution in [0.25, 0.3) is 0 Å². The van der Waals surface area contributed by atoms with E-state index in [1.807, 2.05) is 12.1 Å². The van der Waals surface area contributed by atoms with Crippen LogP contribution in [-0.4, -0.2) is 65.6 Å². The Morgan fingerprint density at radius 1 is 0.897 bits per heavy atom. The number of imide groups is 1. The molecule has 1 aliphatic heterocycles. The van der Waals surface area contributed by atoms with Crippen LogP contribution in [0, 0.1) is 11.8 Å². The second kappa shape index (κ2) is 14.6. The van der Waals surface area contributed by atoms with Gasteiger partial charge in [0, 0.05) is 24.4 Å². The number of carbonyl (C=O) groups excluding carboxylic acids is 6. The van der Waals surface area contributed by atoms with E-state index in [-0.39, 0.29) is 18.9 Å². The van der Waals surface area contributed by atoms with Gasteiger partial charge in [0.2, 0.25) is 17.7 Å². The van der Waals surface area contributed by atoms with Gasteiger partial charge < -0.3 is 27.0 Å². The zero-order chi connectivity index (χ0) is 29.1. The largest absolute Gasteiger partial charge is 0.352 e. The Kier molecular flexibility index (Phi) is 11.6. The smallest absolute Gasteiger partial charge is 0.312 e. The average Bonchev–Trinajstić information content (AvgIpc) is 3.16. The molecule has 7 amide bonds. The van der Waals surface area contributed by atoms with Crippen molar-refractivity contribution in [2.75, 3.05) is 18.4 Å². The first-order chi connectivity index (χ1) is 18.4. The molecule has 0 fully saturated rings. The summed E-state index contributed by atoms with van der Waals surface area (Å²) in [6.45, 7) is 7.33. The fraction of sp³-hybridized carbons (Fsp3) is 0.481. The van der Waals surface area contributed by atoms with Crippen LogP contribution >= 0.6 is 0 Å². The van der Waals surface area contributed by atoms with Crippen molar-refractivity contribution in [1.29, 1.82) is 0 Å². The summed E-state index contributed by atoms with van der Waals surface area (Å²) >= 11 is 0. The van der Waals surface area contributed by atoms with E-state index >= 15 is 0 Å². The van der Waals surface area contributed by atoms with E-state index in [4.69, 9.17) is 5.73 Å². The molecule has 0 spiro atoms. The Bertz CT molecular complexity index is 1080. The Balaban J connectivity index is 2.08. The molecule has 12 heteroatoms. The van der Waals surface area contributed by atoms with Crippen molar-refractivity contribution in [1.82, 2.24) is 20.9 Å². The van der Waals surface area contributed by atoms with Crippen LogP contribution in [0.5, 0.6) is 0 Å². The van der Waals surface area contributed by atoms with Gasteiger partial charge in [0.1, 0.15) is 18.6 Å². The molecule has 2 atom stereocenters. The minimum atomic E-state index is -1.03. The molecule has 6 N–H and O–H groups in total. The Labute approximate surface area is 228 Å². The predicted molar refractivity (Wildman–Crippen MR) is 145 cm³/mol. The van der Waals surface area contributed by atoms with Gasteiger partial charge in [0.15, 0.2) is 0 Å². The van der Waals surface area contributed by atoms with Crippen molar-refractivity contribution in [3.05, 3.63) is 42.0 Å². The first kappa shape index (κ1) is 31.0. The third-order valence-corrected chi connectivity index (χ3v) is 5.94. The SMILES string of the molecule is CC(C)Cc1ccc(NC(=O)[C@H](CCCNC(N)=O)NC(=O)[C@@H](NC(=O)CN2C(=O)C=CC2=O)C(C)C)cc1. The second-order valence-electron chi connectivity index (χ2n) is 10.2. The fourth-order valence-corrected chi connectivity index (χ4v) is 3.96. The number of hydrogen-bond acceptors (Lipinski definition) is 6. The zero-order valence-corrected chi connectivity index (χ0v) is 22.8. The summed E-state index contributed by atoms with van der Waals surface area (Å²) in [5.41, 5.74) is 6.79. The molecular weight excluding hydrogens is 504 g/mol. The van der Waals surface area contributed by atoms with Crippen LogP contribution in [0.2, 0.25) is 0 Å². The number of nitrogens with two attached hydrogens (primary N) is 1. The maximum Gasteiger partial charge on any atom is 0.312 e. The summed E-state index contributed by atoms with van der Waals surface area (Å²) in [6.07, 6.45) is 3.57. The van der Waals surface area contributed by atoms with Crippen LogP contribution in [-0.2, 0) is 30.4 Å².